The minimum absolute atomic E-state index is 0.0203. The molecule has 0 heterocycles. The van der Waals surface area contributed by atoms with Gasteiger partial charge in [0.2, 0.25) is 10.0 Å². The first-order chi connectivity index (χ1) is 8.94. The van der Waals surface area contributed by atoms with Crippen LogP contribution in [0.1, 0.15) is 37.8 Å². The van der Waals surface area contributed by atoms with E-state index in [0.717, 1.165) is 6.42 Å². The number of benzene rings is 1. The summed E-state index contributed by atoms with van der Waals surface area (Å²) in [5, 5.41) is 8.88. The zero-order valence-corrected chi connectivity index (χ0v) is 11.7. The van der Waals surface area contributed by atoms with E-state index in [1.54, 1.807) is 30.3 Å². The van der Waals surface area contributed by atoms with Crippen molar-refractivity contribution in [1.29, 1.82) is 0 Å². The van der Waals surface area contributed by atoms with Crippen molar-refractivity contribution in [3.05, 3.63) is 35.9 Å². The lowest BCUT2D eigenvalue weighted by Gasteiger charge is -2.17. The zero-order valence-electron chi connectivity index (χ0n) is 10.9. The Labute approximate surface area is 113 Å². The molecule has 0 aromatic heterocycles. The van der Waals surface area contributed by atoms with E-state index in [1.165, 1.54) is 0 Å². The average molecular weight is 285 g/mol. The molecule has 0 spiro atoms. The van der Waals surface area contributed by atoms with E-state index < -0.39 is 22.0 Å². The molecule has 1 unspecified atom stereocenters. The van der Waals surface area contributed by atoms with E-state index in [-0.39, 0.29) is 12.2 Å². The number of carboxylic acid groups (broad SMARTS) is 1. The predicted molar refractivity (Wildman–Crippen MR) is 73.3 cm³/mol. The maximum Gasteiger partial charge on any atom is 0.305 e. The van der Waals surface area contributed by atoms with Crippen molar-refractivity contribution in [2.75, 3.05) is 5.75 Å². The third-order valence-corrected chi connectivity index (χ3v) is 4.14. The standard InChI is InChI=1S/C13H19NO4S/c1-2-3-9-19(17,18)14-12(10-13(15)16)11-7-5-4-6-8-11/h4-8,12,14H,2-3,9-10H2,1H3,(H,15,16). The van der Waals surface area contributed by atoms with Crippen molar-refractivity contribution in [2.24, 2.45) is 0 Å². The highest BCUT2D eigenvalue weighted by Gasteiger charge is 2.21. The molecule has 0 amide bonds. The number of hydrogen-bond acceptors (Lipinski definition) is 3. The Hall–Kier alpha value is -1.40. The molecule has 6 heteroatoms. The van der Waals surface area contributed by atoms with Gasteiger partial charge in [0, 0.05) is 0 Å². The molecule has 5 nitrogen and oxygen atoms in total. The van der Waals surface area contributed by atoms with Crippen LogP contribution in [-0.4, -0.2) is 25.2 Å². The van der Waals surface area contributed by atoms with Gasteiger partial charge in [-0.3, -0.25) is 4.79 Å². The Balaban J connectivity index is 2.84. The Morgan fingerprint density at radius 1 is 1.32 bits per heavy atom. The maximum atomic E-state index is 11.9. The van der Waals surface area contributed by atoms with Gasteiger partial charge >= 0.3 is 5.97 Å². The SMILES string of the molecule is CCCCS(=O)(=O)NC(CC(=O)O)c1ccccc1. The number of aliphatic carboxylic acids is 1. The lowest BCUT2D eigenvalue weighted by atomic mass is 10.1. The Morgan fingerprint density at radius 3 is 2.47 bits per heavy atom. The van der Waals surface area contributed by atoms with Gasteiger partial charge in [0.15, 0.2) is 0 Å². The van der Waals surface area contributed by atoms with Crippen LogP contribution in [0.15, 0.2) is 30.3 Å². The summed E-state index contributed by atoms with van der Waals surface area (Å²) in [4.78, 5) is 10.8. The highest BCUT2D eigenvalue weighted by Crippen LogP contribution is 2.18. The van der Waals surface area contributed by atoms with Crippen LogP contribution in [0.25, 0.3) is 0 Å². The predicted octanol–water partition coefficient (Wildman–Crippen LogP) is 1.92. The van der Waals surface area contributed by atoms with Crippen molar-refractivity contribution in [3.8, 4) is 0 Å². The number of carbonyl (C=O) groups is 1. The topological polar surface area (TPSA) is 83.5 Å². The second-order valence-corrected chi connectivity index (χ2v) is 6.22. The number of carboxylic acids is 1. The van der Waals surface area contributed by atoms with Gasteiger partial charge in [-0.05, 0) is 12.0 Å². The van der Waals surface area contributed by atoms with Crippen molar-refractivity contribution in [3.63, 3.8) is 0 Å². The maximum absolute atomic E-state index is 11.9. The van der Waals surface area contributed by atoms with E-state index in [1.807, 2.05) is 6.92 Å². The number of nitrogens with one attached hydrogen (secondary N) is 1. The first kappa shape index (κ1) is 15.7. The highest BCUT2D eigenvalue weighted by molar-refractivity contribution is 7.89. The summed E-state index contributed by atoms with van der Waals surface area (Å²) in [6.45, 7) is 1.90. The molecule has 0 aliphatic rings. The van der Waals surface area contributed by atoms with Crippen molar-refractivity contribution in [2.45, 2.75) is 32.2 Å². The second kappa shape index (κ2) is 7.25. The molecule has 19 heavy (non-hydrogen) atoms. The molecule has 1 aromatic rings. The van der Waals surface area contributed by atoms with Gasteiger partial charge in [0.25, 0.3) is 0 Å². The lowest BCUT2D eigenvalue weighted by Crippen LogP contribution is -2.32. The van der Waals surface area contributed by atoms with E-state index in [2.05, 4.69) is 4.72 Å². The lowest BCUT2D eigenvalue weighted by molar-refractivity contribution is -0.137. The van der Waals surface area contributed by atoms with E-state index in [9.17, 15) is 13.2 Å². The smallest absolute Gasteiger partial charge is 0.305 e. The molecule has 1 aromatic carbocycles. The van der Waals surface area contributed by atoms with Crippen molar-refractivity contribution in [1.82, 2.24) is 4.72 Å². The molecule has 0 radical (unpaired) electrons. The molecule has 1 rings (SSSR count). The molecule has 0 aliphatic carbocycles. The quantitative estimate of drug-likeness (QED) is 0.764. The van der Waals surface area contributed by atoms with Crippen LogP contribution in [0, 0.1) is 0 Å². The van der Waals surface area contributed by atoms with Gasteiger partial charge in [-0.25, -0.2) is 13.1 Å². The van der Waals surface area contributed by atoms with Gasteiger partial charge in [-0.1, -0.05) is 43.7 Å². The first-order valence-electron chi connectivity index (χ1n) is 6.21. The third-order valence-electron chi connectivity index (χ3n) is 2.67. The molecular weight excluding hydrogens is 266 g/mol. The summed E-state index contributed by atoms with van der Waals surface area (Å²) in [5.41, 5.74) is 0.657. The average Bonchev–Trinajstić information content (AvgIpc) is 2.36. The molecule has 0 fully saturated rings. The minimum Gasteiger partial charge on any atom is -0.481 e. The normalized spacial score (nSPS) is 13.1. The molecule has 106 valence electrons. The highest BCUT2D eigenvalue weighted by atomic mass is 32.2. The monoisotopic (exact) mass is 285 g/mol. The van der Waals surface area contributed by atoms with Gasteiger partial charge in [-0.2, -0.15) is 0 Å². The van der Waals surface area contributed by atoms with Crippen molar-refractivity contribution < 1.29 is 18.3 Å². The van der Waals surface area contributed by atoms with Crippen LogP contribution in [0.4, 0.5) is 0 Å². The van der Waals surface area contributed by atoms with E-state index in [0.29, 0.717) is 12.0 Å². The number of sulfonamides is 1. The zero-order chi connectivity index (χ0) is 14.3. The molecule has 2 N–H and O–H groups in total. The molecule has 0 saturated heterocycles. The van der Waals surface area contributed by atoms with E-state index >= 15 is 0 Å². The van der Waals surface area contributed by atoms with Crippen LogP contribution >= 0.6 is 0 Å². The first-order valence-corrected chi connectivity index (χ1v) is 7.86. The van der Waals surface area contributed by atoms with Gasteiger partial charge in [0.1, 0.15) is 0 Å². The van der Waals surface area contributed by atoms with Crippen LogP contribution in [0.2, 0.25) is 0 Å². The van der Waals surface area contributed by atoms with Crippen LogP contribution in [0.5, 0.6) is 0 Å². The summed E-state index contributed by atoms with van der Waals surface area (Å²) >= 11 is 0. The van der Waals surface area contributed by atoms with Gasteiger partial charge in [-0.15, -0.1) is 0 Å². The van der Waals surface area contributed by atoms with Crippen molar-refractivity contribution >= 4 is 16.0 Å². The molecule has 0 bridgehead atoms. The van der Waals surface area contributed by atoms with Crippen LogP contribution in [0.3, 0.4) is 0 Å². The fraction of sp³-hybridized carbons (Fsp3) is 0.462. The van der Waals surface area contributed by atoms with E-state index in [4.69, 9.17) is 5.11 Å². The fourth-order valence-electron chi connectivity index (χ4n) is 1.70. The molecule has 0 aliphatic heterocycles. The molecule has 1 atom stereocenters. The third kappa shape index (κ3) is 5.85. The number of hydrogen-bond donors (Lipinski definition) is 2. The van der Waals surface area contributed by atoms with Crippen LogP contribution < -0.4 is 4.72 Å². The van der Waals surface area contributed by atoms with Gasteiger partial charge in [0.05, 0.1) is 18.2 Å². The summed E-state index contributed by atoms with van der Waals surface area (Å²) in [6, 6.07) is 8.02. The summed E-state index contributed by atoms with van der Waals surface area (Å²) < 4.78 is 26.2. The molecule has 0 saturated carbocycles. The van der Waals surface area contributed by atoms with Gasteiger partial charge < -0.3 is 5.11 Å². The largest absolute Gasteiger partial charge is 0.481 e. The Kier molecular flexibility index (Phi) is 5.98. The summed E-state index contributed by atoms with van der Waals surface area (Å²) in [7, 11) is -3.45. The van der Waals surface area contributed by atoms with Crippen LogP contribution in [-0.2, 0) is 14.8 Å². The number of rotatable bonds is 8. The Morgan fingerprint density at radius 2 is 1.95 bits per heavy atom. The minimum atomic E-state index is -3.45. The summed E-state index contributed by atoms with van der Waals surface area (Å²) in [5.74, 6) is -1.01. The second-order valence-electron chi connectivity index (χ2n) is 4.35. The molecular formula is C13H19NO4S. The Bertz CT molecular complexity index is 499. The fourth-order valence-corrected chi connectivity index (χ4v) is 3.14. The summed E-state index contributed by atoms with van der Waals surface area (Å²) in [6.07, 6.45) is 1.06. The number of unbranched alkanes of at least 4 members (excludes halogenated alkanes) is 1.